The molecule has 6 heteroatoms. The predicted octanol–water partition coefficient (Wildman–Crippen LogP) is 2.14. The minimum atomic E-state index is -0.0648. The average Bonchev–Trinajstić information content (AvgIpc) is 2.56. The van der Waals surface area contributed by atoms with E-state index in [2.05, 4.69) is 5.32 Å². The summed E-state index contributed by atoms with van der Waals surface area (Å²) in [5.41, 5.74) is 5.77. The van der Waals surface area contributed by atoms with E-state index in [1.165, 1.54) is 6.42 Å². The summed E-state index contributed by atoms with van der Waals surface area (Å²) in [4.78, 5) is 11.9. The smallest absolute Gasteiger partial charge is 0.246 e. The molecule has 0 saturated heterocycles. The quantitative estimate of drug-likeness (QED) is 0.710. The highest BCUT2D eigenvalue weighted by atomic mass is 35.5. The first-order chi connectivity index (χ1) is 10.8. The molecule has 0 bridgehead atoms. The Labute approximate surface area is 144 Å². The van der Waals surface area contributed by atoms with Crippen LogP contribution in [-0.4, -0.2) is 38.3 Å². The first-order valence-corrected chi connectivity index (χ1v) is 8.04. The van der Waals surface area contributed by atoms with Gasteiger partial charge >= 0.3 is 0 Å². The van der Waals surface area contributed by atoms with E-state index >= 15 is 0 Å². The summed E-state index contributed by atoms with van der Waals surface area (Å²) in [5.74, 6) is 1.15. The van der Waals surface area contributed by atoms with Crippen LogP contribution in [0, 0.1) is 5.92 Å². The lowest BCUT2D eigenvalue weighted by Crippen LogP contribution is -2.46. The normalized spacial score (nSPS) is 20.4. The Morgan fingerprint density at radius 1 is 1.17 bits per heavy atom. The fourth-order valence-corrected chi connectivity index (χ4v) is 2.83. The Morgan fingerprint density at radius 2 is 1.91 bits per heavy atom. The van der Waals surface area contributed by atoms with Crippen LogP contribution in [0.1, 0.15) is 25.7 Å². The Balaban J connectivity index is 0.00000264. The molecule has 1 aliphatic carbocycles. The van der Waals surface area contributed by atoms with Crippen molar-refractivity contribution in [1.82, 2.24) is 5.32 Å². The molecule has 1 amide bonds. The van der Waals surface area contributed by atoms with E-state index in [-0.39, 0.29) is 31.0 Å². The summed E-state index contributed by atoms with van der Waals surface area (Å²) in [7, 11) is 0. The first kappa shape index (κ1) is 19.7. The zero-order valence-electron chi connectivity index (χ0n) is 13.4. The van der Waals surface area contributed by atoms with Gasteiger partial charge in [0.15, 0.2) is 0 Å². The number of carbonyl (C=O) groups excluding carboxylic acids is 1. The van der Waals surface area contributed by atoms with Crippen molar-refractivity contribution < 1.29 is 14.3 Å². The lowest BCUT2D eigenvalue weighted by atomic mass is 9.84. The van der Waals surface area contributed by atoms with Crippen molar-refractivity contribution >= 4 is 18.3 Å². The van der Waals surface area contributed by atoms with Gasteiger partial charge in [-0.2, -0.15) is 0 Å². The highest BCUT2D eigenvalue weighted by Gasteiger charge is 2.25. The van der Waals surface area contributed by atoms with Crippen LogP contribution in [0.3, 0.4) is 0 Å². The van der Waals surface area contributed by atoms with Crippen LogP contribution in [0.4, 0.5) is 0 Å². The number of para-hydroxylation sites is 1. The summed E-state index contributed by atoms with van der Waals surface area (Å²) in [6.45, 7) is 1.54. The van der Waals surface area contributed by atoms with E-state index in [4.69, 9.17) is 15.2 Å². The third-order valence-electron chi connectivity index (χ3n) is 4.03. The maximum Gasteiger partial charge on any atom is 0.246 e. The maximum absolute atomic E-state index is 11.9. The Kier molecular flexibility index (Phi) is 9.67. The molecule has 2 atom stereocenters. The van der Waals surface area contributed by atoms with Crippen LogP contribution in [-0.2, 0) is 9.53 Å². The van der Waals surface area contributed by atoms with Crippen molar-refractivity contribution in [2.24, 2.45) is 11.7 Å². The minimum Gasteiger partial charge on any atom is -0.491 e. The average molecular weight is 343 g/mol. The number of benzene rings is 1. The summed E-state index contributed by atoms with van der Waals surface area (Å²) < 4.78 is 10.9. The van der Waals surface area contributed by atoms with Gasteiger partial charge in [-0.25, -0.2) is 0 Å². The first-order valence-electron chi connectivity index (χ1n) is 8.04. The highest BCUT2D eigenvalue weighted by molar-refractivity contribution is 5.85. The highest BCUT2D eigenvalue weighted by Crippen LogP contribution is 2.23. The van der Waals surface area contributed by atoms with Crippen molar-refractivity contribution in [3.63, 3.8) is 0 Å². The molecule has 1 aliphatic rings. The molecule has 0 spiro atoms. The van der Waals surface area contributed by atoms with Crippen LogP contribution in [0.2, 0.25) is 0 Å². The fraction of sp³-hybridized carbons (Fsp3) is 0.588. The van der Waals surface area contributed by atoms with E-state index in [1.807, 2.05) is 30.3 Å². The van der Waals surface area contributed by atoms with Gasteiger partial charge in [0, 0.05) is 6.04 Å². The van der Waals surface area contributed by atoms with Crippen molar-refractivity contribution in [3.8, 4) is 5.75 Å². The molecule has 0 aliphatic heterocycles. The second-order valence-corrected chi connectivity index (χ2v) is 5.67. The van der Waals surface area contributed by atoms with Gasteiger partial charge in [-0.05, 0) is 37.4 Å². The van der Waals surface area contributed by atoms with Crippen LogP contribution in [0.25, 0.3) is 0 Å². The van der Waals surface area contributed by atoms with Crippen LogP contribution in [0.5, 0.6) is 5.75 Å². The largest absolute Gasteiger partial charge is 0.491 e. The van der Waals surface area contributed by atoms with E-state index in [0.717, 1.165) is 25.0 Å². The summed E-state index contributed by atoms with van der Waals surface area (Å²) in [6, 6.07) is 9.76. The SMILES string of the molecule is Cl.NCC1CCCCC1NC(=O)COCCOc1ccccc1. The molecule has 23 heavy (non-hydrogen) atoms. The van der Waals surface area contributed by atoms with E-state index in [0.29, 0.717) is 25.7 Å². The monoisotopic (exact) mass is 342 g/mol. The third kappa shape index (κ3) is 7.20. The van der Waals surface area contributed by atoms with Gasteiger partial charge in [0.05, 0.1) is 6.61 Å². The van der Waals surface area contributed by atoms with Gasteiger partial charge in [-0.1, -0.05) is 31.0 Å². The van der Waals surface area contributed by atoms with Gasteiger partial charge in [0.25, 0.3) is 0 Å². The van der Waals surface area contributed by atoms with Gasteiger partial charge in [-0.3, -0.25) is 4.79 Å². The minimum absolute atomic E-state index is 0. The number of halogens is 1. The Hall–Kier alpha value is -1.30. The number of nitrogens with one attached hydrogen (secondary N) is 1. The van der Waals surface area contributed by atoms with E-state index < -0.39 is 0 Å². The fourth-order valence-electron chi connectivity index (χ4n) is 2.83. The van der Waals surface area contributed by atoms with E-state index in [1.54, 1.807) is 0 Å². The number of nitrogens with two attached hydrogens (primary N) is 1. The predicted molar refractivity (Wildman–Crippen MR) is 92.9 cm³/mol. The number of carbonyl (C=O) groups is 1. The molecule has 5 nitrogen and oxygen atoms in total. The van der Waals surface area contributed by atoms with Crippen molar-refractivity contribution in [3.05, 3.63) is 30.3 Å². The standard InChI is InChI=1S/C17H26N2O3.ClH/c18-12-14-6-4-5-9-16(14)19-17(20)13-21-10-11-22-15-7-2-1-3-8-15;/h1-3,7-8,14,16H,4-6,9-13,18H2,(H,19,20);1H. The molecular formula is C17H27ClN2O3. The van der Waals surface area contributed by atoms with Crippen LogP contribution >= 0.6 is 12.4 Å². The number of hydrogen-bond donors (Lipinski definition) is 2. The van der Waals surface area contributed by atoms with E-state index in [9.17, 15) is 4.79 Å². The number of hydrogen-bond acceptors (Lipinski definition) is 4. The molecule has 0 aromatic heterocycles. The van der Waals surface area contributed by atoms with Crippen molar-refractivity contribution in [1.29, 1.82) is 0 Å². The van der Waals surface area contributed by atoms with Crippen molar-refractivity contribution in [2.75, 3.05) is 26.4 Å². The number of rotatable bonds is 8. The molecule has 1 saturated carbocycles. The third-order valence-corrected chi connectivity index (χ3v) is 4.03. The molecule has 2 unspecified atom stereocenters. The van der Waals surface area contributed by atoms with Gasteiger partial charge in [0.1, 0.15) is 19.0 Å². The molecule has 1 fully saturated rings. The summed E-state index contributed by atoms with van der Waals surface area (Å²) in [6.07, 6.45) is 4.49. The lowest BCUT2D eigenvalue weighted by molar-refractivity contribution is -0.127. The molecule has 1 aromatic carbocycles. The zero-order valence-corrected chi connectivity index (χ0v) is 14.2. The second kappa shape index (κ2) is 11.3. The number of ether oxygens (including phenoxy) is 2. The van der Waals surface area contributed by atoms with Gasteiger partial charge in [0.2, 0.25) is 5.91 Å². The van der Waals surface area contributed by atoms with Gasteiger partial charge < -0.3 is 20.5 Å². The van der Waals surface area contributed by atoms with Crippen molar-refractivity contribution in [2.45, 2.75) is 31.7 Å². The Morgan fingerprint density at radius 3 is 2.65 bits per heavy atom. The lowest BCUT2D eigenvalue weighted by Gasteiger charge is -2.31. The maximum atomic E-state index is 11.9. The second-order valence-electron chi connectivity index (χ2n) is 5.67. The topological polar surface area (TPSA) is 73.6 Å². The molecule has 0 radical (unpaired) electrons. The summed E-state index contributed by atoms with van der Waals surface area (Å²) in [5, 5.41) is 3.04. The molecule has 130 valence electrons. The molecule has 3 N–H and O–H groups in total. The zero-order chi connectivity index (χ0) is 15.6. The van der Waals surface area contributed by atoms with Gasteiger partial charge in [-0.15, -0.1) is 12.4 Å². The summed E-state index contributed by atoms with van der Waals surface area (Å²) >= 11 is 0. The Bertz CT molecular complexity index is 445. The number of amides is 1. The molecular weight excluding hydrogens is 316 g/mol. The molecule has 0 heterocycles. The molecule has 2 rings (SSSR count). The van der Waals surface area contributed by atoms with Crippen LogP contribution < -0.4 is 15.8 Å². The molecule has 1 aromatic rings. The van der Waals surface area contributed by atoms with Crippen LogP contribution in [0.15, 0.2) is 30.3 Å².